The van der Waals surface area contributed by atoms with Gasteiger partial charge in [0, 0.05) is 11.8 Å². The average Bonchev–Trinajstić information content (AvgIpc) is 2.45. The lowest BCUT2D eigenvalue weighted by atomic mass is 10.0. The van der Waals surface area contributed by atoms with Crippen molar-refractivity contribution in [3.63, 3.8) is 0 Å². The average molecular weight is 297 g/mol. The van der Waals surface area contributed by atoms with Gasteiger partial charge in [0.15, 0.2) is 6.29 Å². The maximum atomic E-state index is 12.1. The zero-order valence-electron chi connectivity index (χ0n) is 10.8. The molecule has 1 aromatic heterocycles. The summed E-state index contributed by atoms with van der Waals surface area (Å²) in [6.07, 6.45) is -2.71. The molecule has 0 aliphatic rings. The van der Waals surface area contributed by atoms with Crippen LogP contribution in [-0.2, 0) is 0 Å². The molecule has 0 radical (unpaired) electrons. The van der Waals surface area contributed by atoms with Gasteiger partial charge in [-0.15, -0.1) is 13.2 Å². The number of hydrogen-bond acceptors (Lipinski definition) is 4. The van der Waals surface area contributed by atoms with E-state index in [1.54, 1.807) is 0 Å². The third kappa shape index (κ3) is 3.50. The quantitative estimate of drug-likeness (QED) is 0.811. The molecule has 2 rings (SSSR count). The second-order valence-electron chi connectivity index (χ2n) is 3.97. The summed E-state index contributed by atoms with van der Waals surface area (Å²) in [6, 6.07) is 6.60. The zero-order chi connectivity index (χ0) is 15.5. The Labute approximate surface area is 118 Å². The van der Waals surface area contributed by atoms with Gasteiger partial charge in [-0.3, -0.25) is 4.79 Å². The Bertz CT molecular complexity index is 639. The zero-order valence-corrected chi connectivity index (χ0v) is 10.8. The molecule has 0 bridgehead atoms. The van der Waals surface area contributed by atoms with E-state index in [1.807, 2.05) is 0 Å². The van der Waals surface area contributed by atoms with E-state index in [-0.39, 0.29) is 11.6 Å². The van der Waals surface area contributed by atoms with Crippen LogP contribution in [0.4, 0.5) is 13.2 Å². The molecule has 0 aliphatic heterocycles. The molecule has 110 valence electrons. The number of carbonyl (C=O) groups excluding carboxylic acids is 1. The van der Waals surface area contributed by atoms with E-state index in [9.17, 15) is 18.0 Å². The lowest BCUT2D eigenvalue weighted by molar-refractivity contribution is -0.274. The molecule has 0 saturated heterocycles. The van der Waals surface area contributed by atoms with Crippen molar-refractivity contribution in [2.45, 2.75) is 6.36 Å². The van der Waals surface area contributed by atoms with Crippen molar-refractivity contribution in [1.29, 1.82) is 0 Å². The van der Waals surface area contributed by atoms with Crippen LogP contribution < -0.4 is 9.47 Å². The molecule has 1 heterocycles. The van der Waals surface area contributed by atoms with Crippen LogP contribution in [0.15, 0.2) is 36.5 Å². The number of halogens is 3. The van der Waals surface area contributed by atoms with E-state index in [1.165, 1.54) is 31.5 Å². The van der Waals surface area contributed by atoms with Crippen LogP contribution >= 0.6 is 0 Å². The Morgan fingerprint density at radius 1 is 1.14 bits per heavy atom. The molecule has 4 nitrogen and oxygen atoms in total. The first kappa shape index (κ1) is 14.8. The molecule has 2 aromatic rings. The summed E-state index contributed by atoms with van der Waals surface area (Å²) >= 11 is 0. The molecule has 0 amide bonds. The van der Waals surface area contributed by atoms with Crippen LogP contribution in [-0.4, -0.2) is 24.7 Å². The van der Waals surface area contributed by atoms with Gasteiger partial charge in [-0.25, -0.2) is 4.98 Å². The number of carbonyl (C=O) groups is 1. The second kappa shape index (κ2) is 5.82. The largest absolute Gasteiger partial charge is 0.573 e. The van der Waals surface area contributed by atoms with Gasteiger partial charge in [0.25, 0.3) is 0 Å². The van der Waals surface area contributed by atoms with Crippen molar-refractivity contribution in [2.24, 2.45) is 0 Å². The Morgan fingerprint density at radius 2 is 1.81 bits per heavy atom. The number of aldehydes is 1. The summed E-state index contributed by atoms with van der Waals surface area (Å²) in [4.78, 5) is 15.0. The van der Waals surface area contributed by atoms with Crippen molar-refractivity contribution in [3.05, 3.63) is 42.1 Å². The van der Waals surface area contributed by atoms with E-state index < -0.39 is 6.36 Å². The highest BCUT2D eigenvalue weighted by Gasteiger charge is 2.31. The lowest BCUT2D eigenvalue weighted by Crippen LogP contribution is -2.16. The standard InChI is InChI=1S/C14H10F3NO3/c1-20-13-12(10(8-19)6-7-18-13)9-2-4-11(5-3-9)21-14(15,16)17/h2-8H,1H3. The molecule has 7 heteroatoms. The number of nitrogens with zero attached hydrogens (tertiary/aromatic N) is 1. The summed E-state index contributed by atoms with van der Waals surface area (Å²) in [5.74, 6) is -0.133. The summed E-state index contributed by atoms with van der Waals surface area (Å²) in [5, 5.41) is 0. The molecule has 0 fully saturated rings. The van der Waals surface area contributed by atoms with Gasteiger partial charge in [0.1, 0.15) is 5.75 Å². The maximum Gasteiger partial charge on any atom is 0.573 e. The number of aromatic nitrogens is 1. The number of methoxy groups -OCH3 is 1. The van der Waals surface area contributed by atoms with Gasteiger partial charge in [-0.1, -0.05) is 12.1 Å². The van der Waals surface area contributed by atoms with Gasteiger partial charge in [-0.2, -0.15) is 0 Å². The van der Waals surface area contributed by atoms with Crippen molar-refractivity contribution in [2.75, 3.05) is 7.11 Å². The summed E-state index contributed by atoms with van der Waals surface area (Å²) in [7, 11) is 1.39. The van der Waals surface area contributed by atoms with E-state index in [4.69, 9.17) is 4.74 Å². The van der Waals surface area contributed by atoms with Crippen LogP contribution in [0.25, 0.3) is 11.1 Å². The first-order valence-electron chi connectivity index (χ1n) is 5.79. The Hall–Kier alpha value is -2.57. The first-order valence-corrected chi connectivity index (χ1v) is 5.79. The minimum Gasteiger partial charge on any atom is -0.481 e. The lowest BCUT2D eigenvalue weighted by Gasteiger charge is -2.12. The number of rotatable bonds is 4. The van der Waals surface area contributed by atoms with Gasteiger partial charge in [-0.05, 0) is 23.8 Å². The summed E-state index contributed by atoms with van der Waals surface area (Å²) < 4.78 is 45.2. The molecule has 0 atom stereocenters. The minimum atomic E-state index is -4.75. The van der Waals surface area contributed by atoms with Crippen LogP contribution in [0.1, 0.15) is 10.4 Å². The first-order chi connectivity index (χ1) is 9.94. The van der Waals surface area contributed by atoms with Crippen molar-refractivity contribution in [1.82, 2.24) is 4.98 Å². The van der Waals surface area contributed by atoms with Gasteiger partial charge in [0.2, 0.25) is 5.88 Å². The van der Waals surface area contributed by atoms with Crippen LogP contribution in [0, 0.1) is 0 Å². The van der Waals surface area contributed by atoms with Crippen molar-refractivity contribution < 1.29 is 27.4 Å². The van der Waals surface area contributed by atoms with Crippen LogP contribution in [0.3, 0.4) is 0 Å². The van der Waals surface area contributed by atoms with E-state index in [0.717, 1.165) is 12.1 Å². The van der Waals surface area contributed by atoms with E-state index >= 15 is 0 Å². The van der Waals surface area contributed by atoms with Gasteiger partial charge < -0.3 is 9.47 Å². The number of ether oxygens (including phenoxy) is 2. The summed E-state index contributed by atoms with van der Waals surface area (Å²) in [6.45, 7) is 0. The van der Waals surface area contributed by atoms with Gasteiger partial charge >= 0.3 is 6.36 Å². The second-order valence-corrected chi connectivity index (χ2v) is 3.97. The van der Waals surface area contributed by atoms with Gasteiger partial charge in [0.05, 0.1) is 12.7 Å². The fourth-order valence-electron chi connectivity index (χ4n) is 1.82. The van der Waals surface area contributed by atoms with Crippen LogP contribution in [0.2, 0.25) is 0 Å². The molecule has 0 saturated carbocycles. The maximum absolute atomic E-state index is 12.1. The smallest absolute Gasteiger partial charge is 0.481 e. The third-order valence-electron chi connectivity index (χ3n) is 2.65. The highest BCUT2D eigenvalue weighted by atomic mass is 19.4. The number of benzene rings is 1. The monoisotopic (exact) mass is 297 g/mol. The fourth-order valence-corrected chi connectivity index (χ4v) is 1.82. The predicted molar refractivity (Wildman–Crippen MR) is 68.3 cm³/mol. The minimum absolute atomic E-state index is 0.212. The molecule has 1 aromatic carbocycles. The fraction of sp³-hybridized carbons (Fsp3) is 0.143. The van der Waals surface area contributed by atoms with Crippen molar-refractivity contribution in [3.8, 4) is 22.8 Å². The topological polar surface area (TPSA) is 48.4 Å². The summed E-state index contributed by atoms with van der Waals surface area (Å²) in [5.41, 5.74) is 1.23. The molecular weight excluding hydrogens is 287 g/mol. The third-order valence-corrected chi connectivity index (χ3v) is 2.65. The number of pyridine rings is 1. The molecule has 0 unspecified atom stereocenters. The Balaban J connectivity index is 2.41. The molecule has 21 heavy (non-hydrogen) atoms. The van der Waals surface area contributed by atoms with E-state index in [2.05, 4.69) is 9.72 Å². The predicted octanol–water partition coefficient (Wildman–Crippen LogP) is 3.47. The van der Waals surface area contributed by atoms with Crippen molar-refractivity contribution >= 4 is 6.29 Å². The SMILES string of the molecule is COc1nccc(C=O)c1-c1ccc(OC(F)(F)F)cc1. The normalized spacial score (nSPS) is 11.0. The highest BCUT2D eigenvalue weighted by molar-refractivity contribution is 5.89. The number of hydrogen-bond donors (Lipinski definition) is 0. The molecular formula is C14H10F3NO3. The molecule has 0 spiro atoms. The number of alkyl halides is 3. The molecule has 0 N–H and O–H groups in total. The van der Waals surface area contributed by atoms with Crippen LogP contribution in [0.5, 0.6) is 11.6 Å². The Kier molecular flexibility index (Phi) is 4.11. The molecule has 0 aliphatic carbocycles. The highest BCUT2D eigenvalue weighted by Crippen LogP contribution is 2.32. The Morgan fingerprint density at radius 3 is 2.33 bits per heavy atom. The van der Waals surface area contributed by atoms with E-state index in [0.29, 0.717) is 23.0 Å².